The Labute approximate surface area is 65.6 Å². The van der Waals surface area contributed by atoms with Gasteiger partial charge in [-0.05, 0) is 23.3 Å². The molecular weight excluding hydrogens is 140 g/mol. The highest BCUT2D eigenvalue weighted by atomic mass is 15.5. The van der Waals surface area contributed by atoms with Crippen molar-refractivity contribution in [2.24, 2.45) is 0 Å². The number of rotatable bonds is 0. The highest BCUT2D eigenvalue weighted by Gasteiger charge is 2.07. The van der Waals surface area contributed by atoms with Crippen LogP contribution in [0.15, 0.2) is 0 Å². The zero-order valence-electron chi connectivity index (χ0n) is 6.53. The molecule has 1 aliphatic rings. The first-order chi connectivity index (χ1) is 5.47. The molecule has 2 heterocycles. The molecule has 0 amide bonds. The number of hydrogen-bond acceptors (Lipinski definition) is 3. The second-order valence-electron chi connectivity index (χ2n) is 2.98. The van der Waals surface area contributed by atoms with Crippen molar-refractivity contribution in [1.82, 2.24) is 20.2 Å². The number of hydrogen-bond donors (Lipinski definition) is 0. The van der Waals surface area contributed by atoms with Crippen molar-refractivity contribution in [3.63, 3.8) is 0 Å². The molecular formula is C7H12N4. The molecule has 0 N–H and O–H groups in total. The highest BCUT2D eigenvalue weighted by Crippen LogP contribution is 2.10. The van der Waals surface area contributed by atoms with Crippen LogP contribution in [0.3, 0.4) is 0 Å². The molecule has 4 nitrogen and oxygen atoms in total. The topological polar surface area (TPSA) is 43.6 Å². The Bertz CT molecular complexity index is 208. The summed E-state index contributed by atoms with van der Waals surface area (Å²) >= 11 is 0. The smallest absolute Gasteiger partial charge is 0.151 e. The Morgan fingerprint density at radius 2 is 2.00 bits per heavy atom. The van der Waals surface area contributed by atoms with Gasteiger partial charge in [-0.2, -0.15) is 0 Å². The predicted molar refractivity (Wildman–Crippen MR) is 40.0 cm³/mol. The molecule has 0 bridgehead atoms. The van der Waals surface area contributed by atoms with E-state index >= 15 is 0 Å². The number of aromatic nitrogens is 4. The molecule has 0 unspecified atom stereocenters. The van der Waals surface area contributed by atoms with E-state index in [1.807, 2.05) is 4.68 Å². The van der Waals surface area contributed by atoms with Gasteiger partial charge < -0.3 is 0 Å². The minimum Gasteiger partial charge on any atom is -0.230 e. The van der Waals surface area contributed by atoms with Crippen molar-refractivity contribution in [2.75, 3.05) is 0 Å². The largest absolute Gasteiger partial charge is 0.230 e. The Kier molecular flexibility index (Phi) is 1.83. The third kappa shape index (κ3) is 1.39. The minimum atomic E-state index is 1.00. The second kappa shape index (κ2) is 2.98. The Morgan fingerprint density at radius 3 is 3.00 bits per heavy atom. The summed E-state index contributed by atoms with van der Waals surface area (Å²) in [7, 11) is 0. The van der Waals surface area contributed by atoms with Gasteiger partial charge in [-0.1, -0.05) is 12.8 Å². The van der Waals surface area contributed by atoms with Gasteiger partial charge in [0.05, 0.1) is 0 Å². The number of fused-ring (bicyclic) bond motifs is 1. The van der Waals surface area contributed by atoms with E-state index in [9.17, 15) is 0 Å². The van der Waals surface area contributed by atoms with Crippen molar-refractivity contribution >= 4 is 0 Å². The molecule has 0 spiro atoms. The lowest BCUT2D eigenvalue weighted by atomic mass is 10.1. The molecule has 4 heteroatoms. The Balaban J connectivity index is 2.18. The van der Waals surface area contributed by atoms with E-state index in [0.717, 1.165) is 18.8 Å². The molecule has 0 fully saturated rings. The zero-order valence-corrected chi connectivity index (χ0v) is 6.53. The van der Waals surface area contributed by atoms with Gasteiger partial charge in [-0.3, -0.25) is 0 Å². The van der Waals surface area contributed by atoms with E-state index in [1.165, 1.54) is 25.7 Å². The van der Waals surface area contributed by atoms with Gasteiger partial charge in [0.2, 0.25) is 0 Å². The van der Waals surface area contributed by atoms with Crippen molar-refractivity contribution in [3.05, 3.63) is 5.82 Å². The van der Waals surface area contributed by atoms with Crippen LogP contribution in [0.5, 0.6) is 0 Å². The van der Waals surface area contributed by atoms with Crippen molar-refractivity contribution in [1.29, 1.82) is 0 Å². The first-order valence-electron chi connectivity index (χ1n) is 4.22. The molecule has 0 radical (unpaired) electrons. The van der Waals surface area contributed by atoms with Crippen molar-refractivity contribution < 1.29 is 0 Å². The SMILES string of the molecule is C1CCCn2nnnc2CC1. The van der Waals surface area contributed by atoms with E-state index < -0.39 is 0 Å². The zero-order chi connectivity index (χ0) is 7.52. The van der Waals surface area contributed by atoms with Crippen LogP contribution < -0.4 is 0 Å². The molecule has 2 rings (SSSR count). The summed E-state index contributed by atoms with van der Waals surface area (Å²) in [6, 6.07) is 0. The third-order valence-electron chi connectivity index (χ3n) is 2.13. The number of nitrogens with zero attached hydrogens (tertiary/aromatic N) is 4. The minimum absolute atomic E-state index is 1.00. The number of aryl methyl sites for hydroxylation is 2. The molecule has 1 aromatic rings. The van der Waals surface area contributed by atoms with Crippen LogP contribution in [0.1, 0.15) is 31.5 Å². The Morgan fingerprint density at radius 1 is 1.09 bits per heavy atom. The van der Waals surface area contributed by atoms with Crippen molar-refractivity contribution in [2.45, 2.75) is 38.6 Å². The monoisotopic (exact) mass is 152 g/mol. The molecule has 0 aliphatic carbocycles. The average molecular weight is 152 g/mol. The first kappa shape index (κ1) is 6.76. The van der Waals surface area contributed by atoms with Crippen LogP contribution in [0, 0.1) is 0 Å². The van der Waals surface area contributed by atoms with Crippen LogP contribution in [-0.2, 0) is 13.0 Å². The van der Waals surface area contributed by atoms with Crippen LogP contribution in [0.25, 0.3) is 0 Å². The molecule has 1 aromatic heterocycles. The molecule has 0 aromatic carbocycles. The van der Waals surface area contributed by atoms with Gasteiger partial charge in [0, 0.05) is 13.0 Å². The lowest BCUT2D eigenvalue weighted by Gasteiger charge is -2.07. The van der Waals surface area contributed by atoms with E-state index in [4.69, 9.17) is 0 Å². The molecule has 11 heavy (non-hydrogen) atoms. The summed E-state index contributed by atoms with van der Waals surface area (Å²) in [4.78, 5) is 0. The summed E-state index contributed by atoms with van der Waals surface area (Å²) in [6.45, 7) is 1.00. The summed E-state index contributed by atoms with van der Waals surface area (Å²) in [6.07, 6.45) is 6.15. The van der Waals surface area contributed by atoms with Gasteiger partial charge in [-0.25, -0.2) is 4.68 Å². The average Bonchev–Trinajstić information content (AvgIpc) is 2.35. The van der Waals surface area contributed by atoms with Gasteiger partial charge in [0.25, 0.3) is 0 Å². The molecule has 1 aliphatic heterocycles. The maximum absolute atomic E-state index is 3.96. The summed E-state index contributed by atoms with van der Waals surface area (Å²) in [5.41, 5.74) is 0. The van der Waals surface area contributed by atoms with Crippen LogP contribution in [0.4, 0.5) is 0 Å². The third-order valence-corrected chi connectivity index (χ3v) is 2.13. The van der Waals surface area contributed by atoms with E-state index in [0.29, 0.717) is 0 Å². The fraction of sp³-hybridized carbons (Fsp3) is 0.857. The molecule has 0 atom stereocenters. The second-order valence-corrected chi connectivity index (χ2v) is 2.98. The summed E-state index contributed by atoms with van der Waals surface area (Å²) in [5.74, 6) is 1.06. The van der Waals surface area contributed by atoms with Crippen LogP contribution in [0.2, 0.25) is 0 Å². The fourth-order valence-electron chi connectivity index (χ4n) is 1.47. The summed E-state index contributed by atoms with van der Waals surface area (Å²) in [5, 5.41) is 11.5. The maximum atomic E-state index is 3.96. The first-order valence-corrected chi connectivity index (χ1v) is 4.22. The highest BCUT2D eigenvalue weighted by molar-refractivity contribution is 4.81. The molecule has 0 saturated heterocycles. The van der Waals surface area contributed by atoms with E-state index in [-0.39, 0.29) is 0 Å². The van der Waals surface area contributed by atoms with Gasteiger partial charge in [0.1, 0.15) is 0 Å². The fourth-order valence-corrected chi connectivity index (χ4v) is 1.47. The van der Waals surface area contributed by atoms with Gasteiger partial charge >= 0.3 is 0 Å². The van der Waals surface area contributed by atoms with Gasteiger partial charge in [-0.15, -0.1) is 5.10 Å². The predicted octanol–water partition coefficient (Wildman–Crippen LogP) is 0.790. The summed E-state index contributed by atoms with van der Waals surface area (Å²) < 4.78 is 1.93. The Hall–Kier alpha value is -0.930. The lowest BCUT2D eigenvalue weighted by molar-refractivity contribution is 0.476. The standard InChI is InChI=1S/C7H12N4/c1-2-4-6-11-7(5-3-1)8-9-10-11/h1-6H2. The maximum Gasteiger partial charge on any atom is 0.151 e. The van der Waals surface area contributed by atoms with Gasteiger partial charge in [0.15, 0.2) is 5.82 Å². The van der Waals surface area contributed by atoms with E-state index in [2.05, 4.69) is 15.5 Å². The van der Waals surface area contributed by atoms with Crippen LogP contribution >= 0.6 is 0 Å². The quantitative estimate of drug-likeness (QED) is 0.552. The molecule has 0 saturated carbocycles. The van der Waals surface area contributed by atoms with Crippen molar-refractivity contribution in [3.8, 4) is 0 Å². The molecule has 60 valence electrons. The van der Waals surface area contributed by atoms with Crippen LogP contribution in [-0.4, -0.2) is 20.2 Å². The van der Waals surface area contributed by atoms with E-state index in [1.54, 1.807) is 0 Å². The number of tetrazole rings is 1. The lowest BCUT2D eigenvalue weighted by Crippen LogP contribution is -2.08. The normalized spacial score (nSPS) is 18.5.